The second kappa shape index (κ2) is 15.9. The van der Waals surface area contributed by atoms with Crippen LogP contribution in [0.4, 0.5) is 8.78 Å². The normalized spacial score (nSPS) is 13.2. The second-order valence-corrected chi connectivity index (χ2v) is 7.98. The van der Waals surface area contributed by atoms with Crippen molar-refractivity contribution in [2.24, 2.45) is 0 Å². The molecule has 1 atom stereocenters. The molecule has 0 aliphatic carbocycles. The predicted octanol–water partition coefficient (Wildman–Crippen LogP) is 4.45. The van der Waals surface area contributed by atoms with Gasteiger partial charge in [0.15, 0.2) is 0 Å². The molecule has 0 saturated carbocycles. The summed E-state index contributed by atoms with van der Waals surface area (Å²) in [6, 6.07) is 0. The van der Waals surface area contributed by atoms with Crippen LogP contribution >= 0.6 is 0 Å². The van der Waals surface area contributed by atoms with Crippen LogP contribution in [0.2, 0.25) is 0 Å². The molecule has 7 heteroatoms. The van der Waals surface area contributed by atoms with Crippen LogP contribution in [0.25, 0.3) is 0 Å². The summed E-state index contributed by atoms with van der Waals surface area (Å²) in [5.41, 5.74) is 0. The number of quaternary nitrogens is 1. The summed E-state index contributed by atoms with van der Waals surface area (Å²) < 4.78 is 56.5. The summed E-state index contributed by atoms with van der Waals surface area (Å²) in [5, 5.41) is 0. The minimum atomic E-state index is -4.44. The van der Waals surface area contributed by atoms with Crippen LogP contribution in [0.5, 0.6) is 0 Å². The third-order valence-electron chi connectivity index (χ3n) is 4.97. The van der Waals surface area contributed by atoms with Crippen molar-refractivity contribution < 1.29 is 26.2 Å². The van der Waals surface area contributed by atoms with Gasteiger partial charge in [-0.3, -0.25) is 4.39 Å². The molecule has 1 unspecified atom stereocenters. The number of nitrogens with zero attached hydrogens (tertiary/aromatic N) is 1. The summed E-state index contributed by atoms with van der Waals surface area (Å²) in [7, 11) is -4.44. The quantitative estimate of drug-likeness (QED) is 0.251. The fourth-order valence-electron chi connectivity index (χ4n) is 2.81. The number of unbranched alkanes of at least 4 members (excludes halogenated alkanes) is 5. The largest absolute Gasteiger partial charge is 0.748 e. The fraction of sp³-hybridized carbons (Fsp3) is 1.00. The van der Waals surface area contributed by atoms with Gasteiger partial charge in [-0.05, 0) is 40.5 Å². The summed E-state index contributed by atoms with van der Waals surface area (Å²) in [6.45, 7) is 13.9. The maximum Gasteiger partial charge on any atom is 0.113 e. The lowest BCUT2D eigenvalue weighted by Gasteiger charge is -2.34. The summed E-state index contributed by atoms with van der Waals surface area (Å²) in [4.78, 5) is 0. The molecule has 4 nitrogen and oxygen atoms in total. The van der Waals surface area contributed by atoms with Crippen LogP contribution < -0.4 is 0 Å². The van der Waals surface area contributed by atoms with E-state index in [2.05, 4.69) is 27.7 Å². The first-order valence-corrected chi connectivity index (χ1v) is 11.3. The first-order chi connectivity index (χ1) is 11.7. The zero-order valence-corrected chi connectivity index (χ0v) is 17.4. The minimum Gasteiger partial charge on any atom is -0.748 e. The van der Waals surface area contributed by atoms with Crippen molar-refractivity contribution in [2.45, 2.75) is 78.8 Å². The van der Waals surface area contributed by atoms with Crippen LogP contribution in [-0.4, -0.2) is 62.2 Å². The van der Waals surface area contributed by atoms with Gasteiger partial charge in [0.1, 0.15) is 6.17 Å². The highest BCUT2D eigenvalue weighted by Gasteiger charge is 2.16. The van der Waals surface area contributed by atoms with E-state index in [-0.39, 0.29) is 13.1 Å². The SMILES string of the molecule is CC[N+](CC)(CC)CC.O=S(=O)([O-])CC(F)CCCCCCCCF. The van der Waals surface area contributed by atoms with Gasteiger partial charge in [-0.2, -0.15) is 0 Å². The monoisotopic (exact) mass is 387 g/mol. The van der Waals surface area contributed by atoms with Crippen LogP contribution in [0.3, 0.4) is 0 Å². The topological polar surface area (TPSA) is 57.2 Å². The number of hydrogen-bond donors (Lipinski definition) is 0. The Kier molecular flexibility index (Phi) is 17.2. The van der Waals surface area contributed by atoms with Gasteiger partial charge >= 0.3 is 0 Å². The van der Waals surface area contributed by atoms with Crippen LogP contribution in [0.15, 0.2) is 0 Å². The molecule has 0 bridgehead atoms. The number of rotatable bonds is 14. The molecule has 25 heavy (non-hydrogen) atoms. The Morgan fingerprint density at radius 1 is 0.840 bits per heavy atom. The Labute approximate surface area is 154 Å². The van der Waals surface area contributed by atoms with E-state index in [0.29, 0.717) is 12.8 Å². The van der Waals surface area contributed by atoms with Crippen molar-refractivity contribution in [3.8, 4) is 0 Å². The standard InChI is InChI=1S/C10H20F2O3S.C8H20N/c11-8-6-4-2-1-3-5-7-10(12)9-16(13,14)15;1-5-9(6-2,7-3)8-4/h10H,1-9H2,(H,13,14,15);5-8H2,1-4H3/q;+1/p-1. The third kappa shape index (κ3) is 16.9. The molecule has 0 radical (unpaired) electrons. The number of halogens is 2. The van der Waals surface area contributed by atoms with Gasteiger partial charge in [0.2, 0.25) is 0 Å². The third-order valence-corrected chi connectivity index (χ3v) is 5.74. The Morgan fingerprint density at radius 3 is 1.56 bits per heavy atom. The van der Waals surface area contributed by atoms with Gasteiger partial charge in [-0.1, -0.05) is 32.1 Å². The van der Waals surface area contributed by atoms with E-state index in [0.717, 1.165) is 25.7 Å². The summed E-state index contributed by atoms with van der Waals surface area (Å²) in [6.07, 6.45) is 3.17. The van der Waals surface area contributed by atoms with Crippen LogP contribution in [-0.2, 0) is 10.1 Å². The van der Waals surface area contributed by atoms with E-state index in [1.54, 1.807) is 0 Å². The lowest BCUT2D eigenvalue weighted by atomic mass is 10.1. The van der Waals surface area contributed by atoms with Crippen molar-refractivity contribution in [3.05, 3.63) is 0 Å². The first kappa shape index (κ1) is 27.0. The fourth-order valence-corrected chi connectivity index (χ4v) is 3.42. The molecule has 0 aliphatic rings. The van der Waals surface area contributed by atoms with E-state index >= 15 is 0 Å². The Bertz CT molecular complexity index is 370. The van der Waals surface area contributed by atoms with Crippen molar-refractivity contribution >= 4 is 10.1 Å². The smallest absolute Gasteiger partial charge is 0.113 e. The van der Waals surface area contributed by atoms with Crippen molar-refractivity contribution in [2.75, 3.05) is 38.6 Å². The maximum atomic E-state index is 12.9. The molecule has 154 valence electrons. The molecule has 0 heterocycles. The molecular formula is C18H39F2NO3S. The molecule has 0 spiro atoms. The van der Waals surface area contributed by atoms with E-state index in [4.69, 9.17) is 0 Å². The Hall–Kier alpha value is -0.270. The summed E-state index contributed by atoms with van der Waals surface area (Å²) >= 11 is 0. The zero-order valence-electron chi connectivity index (χ0n) is 16.6. The Balaban J connectivity index is 0. The molecular weight excluding hydrogens is 348 g/mol. The zero-order chi connectivity index (χ0) is 19.8. The minimum absolute atomic E-state index is 0.116. The predicted molar refractivity (Wildman–Crippen MR) is 100 cm³/mol. The number of hydrogen-bond acceptors (Lipinski definition) is 3. The van der Waals surface area contributed by atoms with Gasteiger partial charge in [0.05, 0.1) is 48.7 Å². The molecule has 0 aromatic rings. The first-order valence-electron chi connectivity index (χ1n) is 9.68. The van der Waals surface area contributed by atoms with Gasteiger partial charge in [-0.25, -0.2) is 12.8 Å². The van der Waals surface area contributed by atoms with Crippen LogP contribution in [0.1, 0.15) is 72.6 Å². The van der Waals surface area contributed by atoms with E-state index in [9.17, 15) is 21.8 Å². The van der Waals surface area contributed by atoms with Gasteiger partial charge < -0.3 is 9.04 Å². The lowest BCUT2D eigenvalue weighted by Crippen LogP contribution is -2.47. The second-order valence-electron chi connectivity index (χ2n) is 6.53. The van der Waals surface area contributed by atoms with Gasteiger partial charge in [0.25, 0.3) is 0 Å². The molecule has 0 aromatic heterocycles. The highest BCUT2D eigenvalue weighted by Crippen LogP contribution is 2.11. The summed E-state index contributed by atoms with van der Waals surface area (Å²) in [5.74, 6) is -0.922. The van der Waals surface area contributed by atoms with E-state index in [1.807, 2.05) is 0 Å². The molecule has 0 N–H and O–H groups in total. The van der Waals surface area contributed by atoms with Crippen LogP contribution in [0, 0.1) is 0 Å². The Morgan fingerprint density at radius 2 is 1.24 bits per heavy atom. The van der Waals surface area contributed by atoms with Gasteiger partial charge in [0, 0.05) is 0 Å². The average molecular weight is 388 g/mol. The van der Waals surface area contributed by atoms with Crippen molar-refractivity contribution in [1.82, 2.24) is 0 Å². The molecule has 0 aromatic carbocycles. The molecule has 0 fully saturated rings. The molecule has 0 rings (SSSR count). The molecule has 0 saturated heterocycles. The average Bonchev–Trinajstić information content (AvgIpc) is 2.56. The van der Waals surface area contributed by atoms with Crippen molar-refractivity contribution in [1.29, 1.82) is 0 Å². The highest BCUT2D eigenvalue weighted by molar-refractivity contribution is 7.85. The molecule has 0 aliphatic heterocycles. The van der Waals surface area contributed by atoms with Gasteiger partial charge in [-0.15, -0.1) is 0 Å². The van der Waals surface area contributed by atoms with E-state index < -0.39 is 22.0 Å². The maximum absolute atomic E-state index is 12.9. The molecule has 0 amide bonds. The highest BCUT2D eigenvalue weighted by atomic mass is 32.2. The van der Waals surface area contributed by atoms with Crippen molar-refractivity contribution in [3.63, 3.8) is 0 Å². The lowest BCUT2D eigenvalue weighted by molar-refractivity contribution is -0.921. The van der Waals surface area contributed by atoms with E-state index in [1.165, 1.54) is 30.7 Å². The number of alkyl halides is 2.